The van der Waals surface area contributed by atoms with Gasteiger partial charge in [-0.1, -0.05) is 0 Å². The highest BCUT2D eigenvalue weighted by Gasteiger charge is 2.85. The number of aromatic amines is 2. The van der Waals surface area contributed by atoms with E-state index in [4.69, 9.17) is 23.1 Å². The Morgan fingerprint density at radius 2 is 1.80 bits per heavy atom. The first-order valence-corrected chi connectivity index (χ1v) is 15.0. The van der Waals surface area contributed by atoms with Crippen LogP contribution < -0.4 is 37.7 Å². The highest BCUT2D eigenvalue weighted by molar-refractivity contribution is 9.13. The molecular weight excluding hydrogens is 743 g/mol. The van der Waals surface area contributed by atoms with Crippen molar-refractivity contribution < 1.29 is 29.4 Å². The van der Waals surface area contributed by atoms with Gasteiger partial charge in [0.15, 0.2) is 5.54 Å². The number of rotatable bonds is 6. The third kappa shape index (κ3) is 3.84. The van der Waals surface area contributed by atoms with E-state index in [1.165, 1.54) is 0 Å². The van der Waals surface area contributed by atoms with Crippen LogP contribution in [0, 0.1) is 17.8 Å². The number of nitrogens with zero attached hydrogens (tertiary/aromatic N) is 1. The zero-order valence-corrected chi connectivity index (χ0v) is 25.9. The molecule has 13 N–H and O–H groups in total. The van der Waals surface area contributed by atoms with E-state index in [0.29, 0.717) is 24.9 Å². The van der Waals surface area contributed by atoms with Crippen LogP contribution in [0.2, 0.25) is 0 Å². The molecule has 6 rings (SSSR count). The van der Waals surface area contributed by atoms with Crippen molar-refractivity contribution in [3.05, 3.63) is 43.3 Å². The van der Waals surface area contributed by atoms with Gasteiger partial charge in [-0.05, 0) is 65.8 Å². The predicted octanol–water partition coefficient (Wildman–Crippen LogP) is -2.73. The number of nitrogens with one attached hydrogen (secondary N) is 7. The molecule has 2 amide bonds. The molecule has 2 aromatic rings. The van der Waals surface area contributed by atoms with Crippen molar-refractivity contribution in [3.63, 3.8) is 0 Å². The predicted molar refractivity (Wildman–Crippen MR) is 153 cm³/mol. The zero-order valence-electron chi connectivity index (χ0n) is 20.4. The summed E-state index contributed by atoms with van der Waals surface area (Å²) in [6.45, 7) is 0.129. The largest absolute Gasteiger partial charge is 0.358 e. The van der Waals surface area contributed by atoms with Gasteiger partial charge < -0.3 is 30.8 Å². The number of halogens is 4. The number of aliphatic hydroxyl groups is 2. The highest BCUT2D eigenvalue weighted by Crippen LogP contribution is 2.59. The summed E-state index contributed by atoms with van der Waals surface area (Å²) < 4.78 is 3.64. The molecule has 0 unspecified atom stereocenters. The molecule has 214 valence electrons. The normalized spacial score (nSPS) is 35.5. The molecule has 4 aliphatic rings. The lowest BCUT2D eigenvalue weighted by Gasteiger charge is -2.33. The van der Waals surface area contributed by atoms with E-state index < -0.39 is 46.8 Å². The van der Waals surface area contributed by atoms with Crippen molar-refractivity contribution in [3.8, 4) is 0 Å². The molecule has 1 saturated heterocycles. The van der Waals surface area contributed by atoms with Crippen molar-refractivity contribution in [2.45, 2.75) is 29.0 Å². The van der Waals surface area contributed by atoms with Crippen LogP contribution in [0.3, 0.4) is 0 Å². The molecule has 0 bridgehead atoms. The summed E-state index contributed by atoms with van der Waals surface area (Å²) >= 11 is 17.2. The summed E-state index contributed by atoms with van der Waals surface area (Å²) in [4.78, 5) is 34.8. The van der Waals surface area contributed by atoms with Crippen LogP contribution in [0.15, 0.2) is 31.9 Å². The lowest BCUT2D eigenvalue weighted by Crippen LogP contribution is -2.84. The Morgan fingerprint density at radius 3 is 2.42 bits per heavy atom. The number of H-pyrrole nitrogens is 2. The van der Waals surface area contributed by atoms with E-state index in [2.05, 4.69) is 84.0 Å². The standard InChI is InChI=1S/C22H24Br3ClN10O4/c23-6-1-10(29-3-6)15(37)30-4-7-8(5-31-16(38)11-2-9(24)14(25)32-11)13(26)21-12(7)22(40)17(33-19(27)35-22)36(21)20(28)34-18(21)39/h1-3,7-8,12-13,17-18,39-40H,4-5H2,(H9,27,28,29,30,31,32,33,34,35,37,38)/p+2/t7-,8-,12+,13+,17+,18+,21+,22+/m1/s1. The number of carbonyl (C=O) groups excluding carboxylic acids is 2. The average molecular weight is 770 g/mol. The number of guanidine groups is 2. The molecule has 2 aromatic heterocycles. The van der Waals surface area contributed by atoms with Crippen LogP contribution in [0.25, 0.3) is 0 Å². The summed E-state index contributed by atoms with van der Waals surface area (Å²) in [5, 5.41) is 34.2. The Labute approximate surface area is 257 Å². The Kier molecular flexibility index (Phi) is 6.70. The second-order valence-corrected chi connectivity index (χ2v) is 13.3. The maximum atomic E-state index is 13.0. The number of amides is 2. The van der Waals surface area contributed by atoms with Crippen molar-refractivity contribution in [1.29, 1.82) is 0 Å². The van der Waals surface area contributed by atoms with E-state index in [-0.39, 0.29) is 36.8 Å². The molecular formula is C22H26Br3ClN10O4+2. The van der Waals surface area contributed by atoms with Crippen LogP contribution in [0.4, 0.5) is 0 Å². The SMILES string of the molecule is NC1=[NH+][C@H]2[N+]3=C(N)N[C@@H](O)[C@@]34[C@H]([C@H](CNC(=O)c3cc(Br)c[nH]3)[C@@H](CNC(=O)c3cc(Br)c(Br)[nH]3)[C@@H]4Cl)[C@@]2(O)N1. The van der Waals surface area contributed by atoms with Crippen molar-refractivity contribution in [1.82, 2.24) is 31.2 Å². The third-order valence-electron chi connectivity index (χ3n) is 8.33. The Bertz CT molecular complexity index is 1460. The molecule has 0 radical (unpaired) electrons. The van der Waals surface area contributed by atoms with Crippen LogP contribution in [0.1, 0.15) is 21.0 Å². The smallest absolute Gasteiger partial charge is 0.349 e. The van der Waals surface area contributed by atoms with Gasteiger partial charge in [0, 0.05) is 29.7 Å². The van der Waals surface area contributed by atoms with Gasteiger partial charge in [0.1, 0.15) is 11.4 Å². The van der Waals surface area contributed by atoms with Gasteiger partial charge in [0.05, 0.1) is 20.4 Å². The van der Waals surface area contributed by atoms with Crippen LogP contribution in [-0.4, -0.2) is 90.6 Å². The monoisotopic (exact) mass is 766 g/mol. The highest BCUT2D eigenvalue weighted by atomic mass is 79.9. The first kappa shape index (κ1) is 27.8. The fourth-order valence-corrected chi connectivity index (χ4v) is 8.52. The minimum Gasteiger partial charge on any atom is -0.358 e. The quantitative estimate of drug-likeness (QED) is 0.109. The molecule has 8 atom stereocenters. The minimum absolute atomic E-state index is 0.0579. The Balaban J connectivity index is 1.36. The second-order valence-electron chi connectivity index (χ2n) is 10.3. The van der Waals surface area contributed by atoms with E-state index in [0.717, 1.165) is 0 Å². The topological polar surface area (TPSA) is 223 Å². The number of fused-ring (bicyclic) bond motifs is 3. The van der Waals surface area contributed by atoms with Crippen LogP contribution in [0.5, 0.6) is 0 Å². The average Bonchev–Trinajstić information content (AvgIpc) is 3.68. The first-order valence-electron chi connectivity index (χ1n) is 12.2. The van der Waals surface area contributed by atoms with Gasteiger partial charge in [-0.15, -0.1) is 11.6 Å². The fourth-order valence-electron chi connectivity index (χ4n) is 6.88. The van der Waals surface area contributed by atoms with E-state index >= 15 is 0 Å². The van der Waals surface area contributed by atoms with Crippen molar-refractivity contribution in [2.75, 3.05) is 13.1 Å². The van der Waals surface area contributed by atoms with Crippen molar-refractivity contribution in [2.24, 2.45) is 29.2 Å². The first-order chi connectivity index (χ1) is 18.9. The van der Waals surface area contributed by atoms with Gasteiger partial charge in [-0.3, -0.25) is 21.1 Å². The van der Waals surface area contributed by atoms with Gasteiger partial charge in [-0.25, -0.2) is 20.2 Å². The molecule has 2 fully saturated rings. The Hall–Kier alpha value is -2.31. The van der Waals surface area contributed by atoms with Gasteiger partial charge in [0.25, 0.3) is 23.7 Å². The van der Waals surface area contributed by atoms with E-state index in [9.17, 15) is 19.8 Å². The summed E-state index contributed by atoms with van der Waals surface area (Å²) in [6.07, 6.45) is -0.490. The van der Waals surface area contributed by atoms with Gasteiger partial charge in [-0.2, -0.15) is 0 Å². The number of carbonyl (C=O) groups is 2. The Morgan fingerprint density at radius 1 is 1.12 bits per heavy atom. The van der Waals surface area contributed by atoms with E-state index in [1.54, 1.807) is 22.9 Å². The molecule has 3 aliphatic heterocycles. The maximum absolute atomic E-state index is 13.0. The summed E-state index contributed by atoms with van der Waals surface area (Å²) in [5.41, 5.74) is 9.96. The lowest BCUT2D eigenvalue weighted by molar-refractivity contribution is -0.779. The summed E-state index contributed by atoms with van der Waals surface area (Å²) in [7, 11) is 0. The minimum atomic E-state index is -1.72. The summed E-state index contributed by atoms with van der Waals surface area (Å²) in [5.74, 6) is -2.43. The molecule has 1 saturated carbocycles. The molecule has 5 heterocycles. The van der Waals surface area contributed by atoms with Crippen LogP contribution >= 0.6 is 59.4 Å². The fraction of sp³-hybridized carbons (Fsp3) is 0.455. The van der Waals surface area contributed by atoms with Crippen molar-refractivity contribution >= 4 is 83.1 Å². The molecule has 1 aliphatic carbocycles. The molecule has 14 nitrogen and oxygen atoms in total. The lowest BCUT2D eigenvalue weighted by atomic mass is 9.77. The molecule has 18 heteroatoms. The number of aliphatic hydroxyl groups excluding tert-OH is 1. The summed E-state index contributed by atoms with van der Waals surface area (Å²) in [6, 6.07) is 3.27. The maximum Gasteiger partial charge on any atom is 0.349 e. The number of nitrogens with two attached hydrogens (primary N) is 2. The molecule has 40 heavy (non-hydrogen) atoms. The number of aromatic nitrogens is 2. The third-order valence-corrected chi connectivity index (χ3v) is 11.2. The van der Waals surface area contributed by atoms with Crippen LogP contribution in [-0.2, 0) is 0 Å². The number of hydrogen-bond acceptors (Lipinski definition) is 8. The van der Waals surface area contributed by atoms with E-state index in [1.807, 2.05) is 0 Å². The number of hydrogen-bond donors (Lipinski definition) is 11. The second kappa shape index (κ2) is 9.62. The number of alkyl halides is 1. The zero-order chi connectivity index (χ0) is 28.7. The van der Waals surface area contributed by atoms with Gasteiger partial charge in [0.2, 0.25) is 6.23 Å². The van der Waals surface area contributed by atoms with Gasteiger partial charge >= 0.3 is 11.9 Å². The molecule has 1 spiro atoms. The molecule has 0 aromatic carbocycles.